The molecule has 0 bridgehead atoms. The molecule has 3 nitrogen and oxygen atoms in total. The molecular formula is C15H23Cl2N3. The predicted molar refractivity (Wildman–Crippen MR) is 86.5 cm³/mol. The van der Waals surface area contributed by atoms with Crippen LogP contribution in [0, 0.1) is 0 Å². The number of rotatable bonds is 4. The van der Waals surface area contributed by atoms with Gasteiger partial charge in [0.1, 0.15) is 0 Å². The number of nitrogens with two attached hydrogens (primary N) is 1. The fourth-order valence-corrected chi connectivity index (χ4v) is 3.57. The minimum absolute atomic E-state index is 0.155. The van der Waals surface area contributed by atoms with Gasteiger partial charge < -0.3 is 10.6 Å². The van der Waals surface area contributed by atoms with Crippen LogP contribution < -0.4 is 5.73 Å². The number of halogens is 2. The van der Waals surface area contributed by atoms with Crippen molar-refractivity contribution in [2.24, 2.45) is 5.73 Å². The number of nitrogens with zero attached hydrogens (tertiary/aromatic N) is 2. The van der Waals surface area contributed by atoms with Gasteiger partial charge in [-0.3, -0.25) is 4.90 Å². The molecule has 1 aromatic carbocycles. The van der Waals surface area contributed by atoms with Crippen LogP contribution in [0.4, 0.5) is 0 Å². The fraction of sp³-hybridized carbons (Fsp3) is 0.600. The molecule has 1 aliphatic rings. The molecule has 2 N–H and O–H groups in total. The molecule has 1 fully saturated rings. The van der Waals surface area contributed by atoms with E-state index in [2.05, 4.69) is 23.9 Å². The van der Waals surface area contributed by atoms with Crippen molar-refractivity contribution in [2.75, 3.05) is 33.7 Å². The van der Waals surface area contributed by atoms with Gasteiger partial charge in [-0.2, -0.15) is 0 Å². The maximum atomic E-state index is 6.11. The lowest BCUT2D eigenvalue weighted by atomic mass is 9.99. The lowest BCUT2D eigenvalue weighted by Gasteiger charge is -2.40. The zero-order valence-corrected chi connectivity index (χ0v) is 13.7. The second-order valence-corrected chi connectivity index (χ2v) is 6.55. The van der Waals surface area contributed by atoms with Crippen LogP contribution in [0.5, 0.6) is 0 Å². The Balaban J connectivity index is 2.17. The molecule has 0 radical (unpaired) electrons. The van der Waals surface area contributed by atoms with Crippen molar-refractivity contribution < 1.29 is 0 Å². The summed E-state index contributed by atoms with van der Waals surface area (Å²) in [6, 6.07) is 6.37. The van der Waals surface area contributed by atoms with E-state index in [0.29, 0.717) is 22.6 Å². The van der Waals surface area contributed by atoms with Gasteiger partial charge in [0.2, 0.25) is 0 Å². The molecule has 112 valence electrons. The third kappa shape index (κ3) is 3.86. The van der Waals surface area contributed by atoms with E-state index in [0.717, 1.165) is 12.1 Å². The van der Waals surface area contributed by atoms with Gasteiger partial charge in [0.15, 0.2) is 0 Å². The Morgan fingerprint density at radius 3 is 2.55 bits per heavy atom. The van der Waals surface area contributed by atoms with E-state index in [1.54, 1.807) is 6.07 Å². The van der Waals surface area contributed by atoms with Crippen LogP contribution in [0.1, 0.15) is 24.4 Å². The predicted octanol–water partition coefficient (Wildman–Crippen LogP) is 3.02. The number of hydrogen-bond donors (Lipinski definition) is 1. The van der Waals surface area contributed by atoms with E-state index in [4.69, 9.17) is 28.9 Å². The van der Waals surface area contributed by atoms with E-state index < -0.39 is 0 Å². The Morgan fingerprint density at radius 2 is 2.00 bits per heavy atom. The van der Waals surface area contributed by atoms with Crippen LogP contribution in [-0.2, 0) is 0 Å². The third-order valence-corrected chi connectivity index (χ3v) is 4.60. The van der Waals surface area contributed by atoms with E-state index in [1.807, 2.05) is 12.1 Å². The summed E-state index contributed by atoms with van der Waals surface area (Å²) in [5.74, 6) is 0. The zero-order chi connectivity index (χ0) is 14.7. The van der Waals surface area contributed by atoms with E-state index in [9.17, 15) is 0 Å². The Kier molecular flexibility index (Phi) is 5.70. The molecule has 0 saturated carbocycles. The molecule has 0 spiro atoms. The molecular weight excluding hydrogens is 293 g/mol. The van der Waals surface area contributed by atoms with Crippen LogP contribution >= 0.6 is 23.2 Å². The summed E-state index contributed by atoms with van der Waals surface area (Å²) in [5.41, 5.74) is 7.10. The Bertz CT molecular complexity index is 432. The van der Waals surface area contributed by atoms with Gasteiger partial charge in [-0.05, 0) is 57.2 Å². The van der Waals surface area contributed by atoms with Crippen LogP contribution in [-0.4, -0.2) is 49.6 Å². The van der Waals surface area contributed by atoms with Crippen molar-refractivity contribution in [2.45, 2.75) is 24.9 Å². The summed E-state index contributed by atoms with van der Waals surface area (Å²) in [6.45, 7) is 2.83. The molecule has 0 aromatic heterocycles. The first kappa shape index (κ1) is 16.1. The average Bonchev–Trinajstić information content (AvgIpc) is 2.38. The third-order valence-electron chi connectivity index (χ3n) is 4.16. The summed E-state index contributed by atoms with van der Waals surface area (Å²) in [4.78, 5) is 4.75. The van der Waals surface area contributed by atoms with Gasteiger partial charge in [0, 0.05) is 35.2 Å². The maximum Gasteiger partial charge on any atom is 0.0471 e. The highest BCUT2D eigenvalue weighted by Crippen LogP contribution is 2.28. The first-order valence-corrected chi connectivity index (χ1v) is 7.83. The average molecular weight is 316 g/mol. The minimum Gasteiger partial charge on any atom is -0.329 e. The standard InChI is InChI=1S/C15H23Cl2N3/c1-19-5-3-4-14(10-19)20(2)15(9-18)11-6-12(16)8-13(17)7-11/h6-8,14-15H,3-5,9-10,18H2,1-2H3. The van der Waals surface area contributed by atoms with Gasteiger partial charge in [-0.25, -0.2) is 0 Å². The number of piperidine rings is 1. The smallest absolute Gasteiger partial charge is 0.0471 e. The van der Waals surface area contributed by atoms with Crippen molar-refractivity contribution in [3.8, 4) is 0 Å². The van der Waals surface area contributed by atoms with E-state index >= 15 is 0 Å². The molecule has 0 aliphatic carbocycles. The monoisotopic (exact) mass is 315 g/mol. The van der Waals surface area contributed by atoms with Crippen LogP contribution in [0.25, 0.3) is 0 Å². The van der Waals surface area contributed by atoms with E-state index in [1.165, 1.54) is 19.4 Å². The first-order chi connectivity index (χ1) is 9.51. The molecule has 1 heterocycles. The lowest BCUT2D eigenvalue weighted by Crippen LogP contribution is -2.47. The topological polar surface area (TPSA) is 32.5 Å². The summed E-state index contributed by atoms with van der Waals surface area (Å²) in [6.07, 6.45) is 2.45. The number of benzene rings is 1. The molecule has 2 unspecified atom stereocenters. The largest absolute Gasteiger partial charge is 0.329 e. The van der Waals surface area contributed by atoms with Crippen molar-refractivity contribution >= 4 is 23.2 Å². The molecule has 5 heteroatoms. The minimum atomic E-state index is 0.155. The van der Waals surface area contributed by atoms with Gasteiger partial charge in [-0.15, -0.1) is 0 Å². The Labute approximate surface area is 131 Å². The molecule has 1 saturated heterocycles. The quantitative estimate of drug-likeness (QED) is 0.927. The van der Waals surface area contributed by atoms with Gasteiger partial charge in [0.05, 0.1) is 0 Å². The fourth-order valence-electron chi connectivity index (χ4n) is 3.03. The SMILES string of the molecule is CN1CCCC(N(C)C(CN)c2cc(Cl)cc(Cl)c2)C1. The summed E-state index contributed by atoms with van der Waals surface area (Å²) < 4.78 is 0. The molecule has 2 rings (SSSR count). The van der Waals surface area contributed by atoms with Crippen LogP contribution in [0.3, 0.4) is 0 Å². The Hall–Kier alpha value is -0.320. The molecule has 0 amide bonds. The number of likely N-dealkylation sites (tertiary alicyclic amines) is 1. The Morgan fingerprint density at radius 1 is 1.35 bits per heavy atom. The summed E-state index contributed by atoms with van der Waals surface area (Å²) in [5, 5.41) is 1.33. The second-order valence-electron chi connectivity index (χ2n) is 5.68. The first-order valence-electron chi connectivity index (χ1n) is 7.07. The van der Waals surface area contributed by atoms with Crippen molar-refractivity contribution in [3.05, 3.63) is 33.8 Å². The van der Waals surface area contributed by atoms with Gasteiger partial charge in [-0.1, -0.05) is 23.2 Å². The highest BCUT2D eigenvalue weighted by molar-refractivity contribution is 6.34. The summed E-state index contributed by atoms with van der Waals surface area (Å²) >= 11 is 12.2. The summed E-state index contributed by atoms with van der Waals surface area (Å²) in [7, 11) is 4.32. The van der Waals surface area contributed by atoms with Crippen molar-refractivity contribution in [1.82, 2.24) is 9.80 Å². The molecule has 20 heavy (non-hydrogen) atoms. The molecule has 1 aromatic rings. The highest BCUT2D eigenvalue weighted by atomic mass is 35.5. The molecule has 1 aliphatic heterocycles. The van der Waals surface area contributed by atoms with Gasteiger partial charge in [0.25, 0.3) is 0 Å². The highest BCUT2D eigenvalue weighted by Gasteiger charge is 2.26. The van der Waals surface area contributed by atoms with Crippen molar-refractivity contribution in [3.63, 3.8) is 0 Å². The van der Waals surface area contributed by atoms with Crippen LogP contribution in [0.15, 0.2) is 18.2 Å². The van der Waals surface area contributed by atoms with E-state index in [-0.39, 0.29) is 6.04 Å². The lowest BCUT2D eigenvalue weighted by molar-refractivity contribution is 0.101. The van der Waals surface area contributed by atoms with Crippen LogP contribution in [0.2, 0.25) is 10.0 Å². The zero-order valence-electron chi connectivity index (χ0n) is 12.1. The number of hydrogen-bond acceptors (Lipinski definition) is 3. The second kappa shape index (κ2) is 7.10. The van der Waals surface area contributed by atoms with Crippen molar-refractivity contribution in [1.29, 1.82) is 0 Å². The normalized spacial score (nSPS) is 22.2. The maximum absolute atomic E-state index is 6.11. The number of likely N-dealkylation sites (N-methyl/N-ethyl adjacent to an activating group) is 2. The van der Waals surface area contributed by atoms with Gasteiger partial charge >= 0.3 is 0 Å². The molecule has 2 atom stereocenters.